The lowest BCUT2D eigenvalue weighted by atomic mass is 10.1. The molecule has 0 heterocycles. The molecule has 0 saturated heterocycles. The van der Waals surface area contributed by atoms with E-state index in [2.05, 4.69) is 12.2 Å². The lowest BCUT2D eigenvalue weighted by molar-refractivity contribution is -0.139. The Morgan fingerprint density at radius 3 is 2.26 bits per heavy atom. The van der Waals surface area contributed by atoms with Crippen molar-refractivity contribution in [2.75, 3.05) is 6.54 Å². The van der Waals surface area contributed by atoms with Crippen LogP contribution in [-0.4, -0.2) is 40.6 Å². The molecule has 2 N–H and O–H groups in total. The molecule has 5 heteroatoms. The number of rotatable bonds is 9. The molecule has 0 bridgehead atoms. The molecule has 0 aromatic heterocycles. The second-order valence-corrected chi connectivity index (χ2v) is 4.93. The van der Waals surface area contributed by atoms with Gasteiger partial charge in [-0.05, 0) is 26.2 Å². The number of carboxylic acid groups (broad SMARTS) is 1. The Morgan fingerprint density at radius 2 is 1.84 bits per heavy atom. The number of urea groups is 1. The van der Waals surface area contributed by atoms with Crippen molar-refractivity contribution < 1.29 is 14.7 Å². The number of hydrogen-bond donors (Lipinski definition) is 2. The highest BCUT2D eigenvalue weighted by molar-refractivity contribution is 5.82. The fraction of sp³-hybridized carbons (Fsp3) is 0.857. The van der Waals surface area contributed by atoms with Crippen LogP contribution in [0.2, 0.25) is 0 Å². The summed E-state index contributed by atoms with van der Waals surface area (Å²) in [5.41, 5.74) is 0. The summed E-state index contributed by atoms with van der Waals surface area (Å²) < 4.78 is 0. The Balaban J connectivity index is 4.63. The first-order valence-corrected chi connectivity index (χ1v) is 7.27. The molecule has 5 nitrogen and oxygen atoms in total. The molecule has 0 aliphatic carbocycles. The van der Waals surface area contributed by atoms with Crippen molar-refractivity contribution in [2.45, 2.75) is 71.9 Å². The Bertz CT molecular complexity index is 282. The van der Waals surface area contributed by atoms with E-state index in [1.54, 1.807) is 4.90 Å². The molecule has 0 rings (SSSR count). The molecule has 112 valence electrons. The van der Waals surface area contributed by atoms with E-state index in [4.69, 9.17) is 5.11 Å². The van der Waals surface area contributed by atoms with Crippen molar-refractivity contribution in [3.8, 4) is 0 Å². The van der Waals surface area contributed by atoms with Crippen LogP contribution < -0.4 is 5.32 Å². The third-order valence-electron chi connectivity index (χ3n) is 3.31. The number of hydrogen-bond acceptors (Lipinski definition) is 2. The zero-order valence-corrected chi connectivity index (χ0v) is 12.6. The maximum atomic E-state index is 12.2. The van der Waals surface area contributed by atoms with Crippen LogP contribution in [-0.2, 0) is 4.79 Å². The number of aliphatic carboxylic acids is 1. The number of unbranched alkanes of at least 4 members (excludes halogenated alkanes) is 1. The third-order valence-corrected chi connectivity index (χ3v) is 3.31. The van der Waals surface area contributed by atoms with Gasteiger partial charge in [0.1, 0.15) is 6.04 Å². The normalized spacial score (nSPS) is 13.7. The Labute approximate surface area is 116 Å². The van der Waals surface area contributed by atoms with Gasteiger partial charge in [0.05, 0.1) is 0 Å². The van der Waals surface area contributed by atoms with Gasteiger partial charge in [0.2, 0.25) is 0 Å². The Morgan fingerprint density at radius 1 is 1.21 bits per heavy atom. The minimum Gasteiger partial charge on any atom is -0.480 e. The number of nitrogens with one attached hydrogen (secondary N) is 1. The topological polar surface area (TPSA) is 69.6 Å². The summed E-state index contributed by atoms with van der Waals surface area (Å²) in [6, 6.07) is -0.919. The first-order chi connectivity index (χ1) is 8.97. The van der Waals surface area contributed by atoms with Gasteiger partial charge < -0.3 is 15.3 Å². The SMILES string of the molecule is CCCCN(C(=O)N[C@H](CCC)C(=O)O)C(C)CC. The molecule has 0 aliphatic rings. The minimum atomic E-state index is -0.963. The van der Waals surface area contributed by atoms with Crippen molar-refractivity contribution >= 4 is 12.0 Å². The summed E-state index contributed by atoms with van der Waals surface area (Å²) in [5, 5.41) is 11.7. The monoisotopic (exact) mass is 272 g/mol. The van der Waals surface area contributed by atoms with Crippen LogP contribution in [0.25, 0.3) is 0 Å². The van der Waals surface area contributed by atoms with E-state index in [0.717, 1.165) is 25.7 Å². The summed E-state index contributed by atoms with van der Waals surface area (Å²) in [6.07, 6.45) is 4.00. The van der Waals surface area contributed by atoms with Crippen molar-refractivity contribution in [1.82, 2.24) is 10.2 Å². The molecule has 2 atom stereocenters. The highest BCUT2D eigenvalue weighted by Gasteiger charge is 2.24. The fourth-order valence-corrected chi connectivity index (χ4v) is 1.85. The average Bonchev–Trinajstić information content (AvgIpc) is 2.38. The molecular formula is C14H28N2O3. The summed E-state index contributed by atoms with van der Waals surface area (Å²) in [6.45, 7) is 8.67. The number of amides is 2. The van der Waals surface area contributed by atoms with Gasteiger partial charge in [-0.1, -0.05) is 33.6 Å². The zero-order chi connectivity index (χ0) is 14.8. The van der Waals surface area contributed by atoms with Crippen LogP contribution in [0.4, 0.5) is 4.79 Å². The minimum absolute atomic E-state index is 0.127. The number of carbonyl (C=O) groups excluding carboxylic acids is 1. The van der Waals surface area contributed by atoms with E-state index >= 15 is 0 Å². The fourth-order valence-electron chi connectivity index (χ4n) is 1.85. The quantitative estimate of drug-likeness (QED) is 0.678. The van der Waals surface area contributed by atoms with Crippen molar-refractivity contribution in [3.05, 3.63) is 0 Å². The highest BCUT2D eigenvalue weighted by Crippen LogP contribution is 2.07. The molecule has 0 aromatic rings. The Hall–Kier alpha value is -1.26. The van der Waals surface area contributed by atoms with E-state index in [1.807, 2.05) is 20.8 Å². The van der Waals surface area contributed by atoms with E-state index in [0.29, 0.717) is 13.0 Å². The summed E-state index contributed by atoms with van der Waals surface area (Å²) in [7, 11) is 0. The predicted molar refractivity (Wildman–Crippen MR) is 76.2 cm³/mol. The first-order valence-electron chi connectivity index (χ1n) is 7.27. The van der Waals surface area contributed by atoms with Crippen molar-refractivity contribution in [2.24, 2.45) is 0 Å². The molecule has 1 unspecified atom stereocenters. The van der Waals surface area contributed by atoms with Crippen LogP contribution in [0.5, 0.6) is 0 Å². The zero-order valence-electron chi connectivity index (χ0n) is 12.6. The maximum absolute atomic E-state index is 12.2. The van der Waals surface area contributed by atoms with Crippen LogP contribution in [0, 0.1) is 0 Å². The summed E-state index contributed by atoms with van der Waals surface area (Å²) >= 11 is 0. The van der Waals surface area contributed by atoms with Gasteiger partial charge in [-0.15, -0.1) is 0 Å². The van der Waals surface area contributed by atoms with Crippen LogP contribution in [0.1, 0.15) is 59.8 Å². The number of carbonyl (C=O) groups is 2. The van der Waals surface area contributed by atoms with E-state index < -0.39 is 12.0 Å². The molecule has 19 heavy (non-hydrogen) atoms. The molecule has 0 saturated carbocycles. The lowest BCUT2D eigenvalue weighted by Gasteiger charge is -2.30. The van der Waals surface area contributed by atoms with Gasteiger partial charge in [-0.25, -0.2) is 9.59 Å². The summed E-state index contributed by atoms with van der Waals surface area (Å²) in [5.74, 6) is -0.963. The Kier molecular flexibility index (Phi) is 9.00. The molecular weight excluding hydrogens is 244 g/mol. The van der Waals surface area contributed by atoms with Gasteiger partial charge in [-0.2, -0.15) is 0 Å². The molecule has 0 aliphatic heterocycles. The largest absolute Gasteiger partial charge is 0.480 e. The molecule has 0 fully saturated rings. The van der Waals surface area contributed by atoms with E-state index in [1.165, 1.54) is 0 Å². The second-order valence-electron chi connectivity index (χ2n) is 4.93. The van der Waals surface area contributed by atoms with Gasteiger partial charge >= 0.3 is 12.0 Å². The van der Waals surface area contributed by atoms with Crippen molar-refractivity contribution in [3.63, 3.8) is 0 Å². The lowest BCUT2D eigenvalue weighted by Crippen LogP contribution is -2.50. The predicted octanol–water partition coefficient (Wildman–Crippen LogP) is 2.85. The molecule has 2 amide bonds. The van der Waals surface area contributed by atoms with Gasteiger partial charge in [0, 0.05) is 12.6 Å². The molecule has 0 aromatic carbocycles. The van der Waals surface area contributed by atoms with Crippen LogP contribution in [0.15, 0.2) is 0 Å². The molecule has 0 radical (unpaired) electrons. The van der Waals surface area contributed by atoms with Crippen LogP contribution >= 0.6 is 0 Å². The van der Waals surface area contributed by atoms with Gasteiger partial charge in [0.15, 0.2) is 0 Å². The van der Waals surface area contributed by atoms with E-state index in [9.17, 15) is 9.59 Å². The van der Waals surface area contributed by atoms with E-state index in [-0.39, 0.29) is 12.1 Å². The average molecular weight is 272 g/mol. The highest BCUT2D eigenvalue weighted by atomic mass is 16.4. The standard InChI is InChI=1S/C14H28N2O3/c1-5-8-10-16(11(4)7-3)14(19)15-12(9-6-2)13(17)18/h11-12H,5-10H2,1-4H3,(H,15,19)(H,17,18)/t11?,12-/m1/s1. The smallest absolute Gasteiger partial charge is 0.326 e. The second kappa shape index (κ2) is 9.64. The van der Waals surface area contributed by atoms with Crippen molar-refractivity contribution in [1.29, 1.82) is 0 Å². The number of carboxylic acids is 1. The van der Waals surface area contributed by atoms with Gasteiger partial charge in [-0.3, -0.25) is 0 Å². The molecule has 0 spiro atoms. The first kappa shape index (κ1) is 17.7. The third kappa shape index (κ3) is 6.45. The summed E-state index contributed by atoms with van der Waals surface area (Å²) in [4.78, 5) is 25.0. The number of nitrogens with zero attached hydrogens (tertiary/aromatic N) is 1. The van der Waals surface area contributed by atoms with Gasteiger partial charge in [0.25, 0.3) is 0 Å². The maximum Gasteiger partial charge on any atom is 0.326 e. The van der Waals surface area contributed by atoms with Crippen LogP contribution in [0.3, 0.4) is 0 Å².